The number of rotatable bonds is 6. The van der Waals surface area contributed by atoms with Crippen molar-refractivity contribution in [2.45, 2.75) is 37.4 Å². The van der Waals surface area contributed by atoms with Crippen molar-refractivity contribution in [1.29, 1.82) is 0 Å². The van der Waals surface area contributed by atoms with Crippen LogP contribution >= 0.6 is 0 Å². The average molecular weight is 566 g/mol. The lowest BCUT2D eigenvalue weighted by atomic mass is 10.0. The monoisotopic (exact) mass is 565 g/mol. The van der Waals surface area contributed by atoms with Crippen LogP contribution in [-0.2, 0) is 16.6 Å². The zero-order chi connectivity index (χ0) is 28.6. The lowest BCUT2D eigenvalue weighted by Crippen LogP contribution is -2.58. The summed E-state index contributed by atoms with van der Waals surface area (Å²) in [6.07, 6.45) is 1.54. The summed E-state index contributed by atoms with van der Waals surface area (Å²) >= 11 is 0. The van der Waals surface area contributed by atoms with Gasteiger partial charge in [0.1, 0.15) is 4.90 Å². The maximum absolute atomic E-state index is 14.3. The molecule has 1 aliphatic heterocycles. The molecule has 2 unspecified atom stereocenters. The number of hydrogen-bond donors (Lipinski definition) is 2. The number of halogens is 2. The van der Waals surface area contributed by atoms with E-state index in [0.29, 0.717) is 35.2 Å². The molecular weight excluding hydrogens is 536 g/mol. The molecule has 0 radical (unpaired) electrons. The van der Waals surface area contributed by atoms with E-state index < -0.39 is 21.7 Å². The van der Waals surface area contributed by atoms with Crippen LogP contribution in [0.4, 0.5) is 20.2 Å². The van der Waals surface area contributed by atoms with Crippen molar-refractivity contribution in [2.24, 2.45) is 0 Å². The van der Waals surface area contributed by atoms with Crippen molar-refractivity contribution in [3.63, 3.8) is 0 Å². The van der Waals surface area contributed by atoms with E-state index in [9.17, 15) is 22.0 Å². The Morgan fingerprint density at radius 3 is 2.38 bits per heavy atom. The van der Waals surface area contributed by atoms with Gasteiger partial charge in [-0.3, -0.25) is 19.4 Å². The number of nitrogens with two attached hydrogens (primary N) is 1. The highest BCUT2D eigenvalue weighted by Crippen LogP contribution is 2.27. The zero-order valence-corrected chi connectivity index (χ0v) is 22.8. The number of piperazine rings is 1. The van der Waals surface area contributed by atoms with Crippen LogP contribution in [0, 0.1) is 11.6 Å². The van der Waals surface area contributed by atoms with Gasteiger partial charge in [0, 0.05) is 65.8 Å². The number of aromatic nitrogens is 1. The van der Waals surface area contributed by atoms with E-state index in [1.165, 1.54) is 12.1 Å². The third-order valence-electron chi connectivity index (χ3n) is 7.11. The predicted octanol–water partition coefficient (Wildman–Crippen LogP) is 4.63. The van der Waals surface area contributed by atoms with Gasteiger partial charge in [-0.15, -0.1) is 0 Å². The molecule has 1 fully saturated rings. The molecule has 2 atom stereocenters. The molecule has 2 heterocycles. The van der Waals surface area contributed by atoms with Gasteiger partial charge in [-0.05, 0) is 62.4 Å². The number of benzene rings is 3. The highest BCUT2D eigenvalue weighted by atomic mass is 32.2. The lowest BCUT2D eigenvalue weighted by molar-refractivity contribution is 0.0266. The van der Waals surface area contributed by atoms with Gasteiger partial charge in [-0.25, -0.2) is 17.2 Å². The van der Waals surface area contributed by atoms with Crippen LogP contribution in [0.3, 0.4) is 0 Å². The number of amides is 1. The van der Waals surface area contributed by atoms with Gasteiger partial charge in [0.25, 0.3) is 15.9 Å². The summed E-state index contributed by atoms with van der Waals surface area (Å²) in [6, 6.07) is 16.6. The summed E-state index contributed by atoms with van der Waals surface area (Å²) in [5, 5.41) is 0.708. The standard InChI is InChI=1S/C29H29F2N5O3S/c1-18-15-35(17-23-25(32)13-12-24(30)27(23)31)16-19(2)36(18)29(37)21-8-10-22(11-9-21)34-40(38,39)26-7-3-5-20-6-4-14-33-28(20)26/h3-14,18-19,34H,15-17,32H2,1-2H3. The lowest BCUT2D eigenvalue weighted by Gasteiger charge is -2.44. The Morgan fingerprint density at radius 1 is 1.00 bits per heavy atom. The highest BCUT2D eigenvalue weighted by Gasteiger charge is 2.34. The van der Waals surface area contributed by atoms with Gasteiger partial charge in [-0.2, -0.15) is 0 Å². The Morgan fingerprint density at radius 2 is 1.68 bits per heavy atom. The number of carbonyl (C=O) groups is 1. The molecule has 0 bridgehead atoms. The topological polar surface area (TPSA) is 109 Å². The quantitative estimate of drug-likeness (QED) is 0.330. The van der Waals surface area contributed by atoms with Crippen LogP contribution in [0.2, 0.25) is 0 Å². The number of fused-ring (bicyclic) bond motifs is 1. The van der Waals surface area contributed by atoms with E-state index in [1.807, 2.05) is 18.7 Å². The van der Waals surface area contributed by atoms with E-state index in [4.69, 9.17) is 5.73 Å². The number of para-hydroxylation sites is 1. The molecule has 1 aromatic heterocycles. The summed E-state index contributed by atoms with van der Waals surface area (Å²) in [5.41, 5.74) is 7.27. The van der Waals surface area contributed by atoms with Crippen LogP contribution in [-0.4, -0.2) is 54.3 Å². The Balaban J connectivity index is 1.28. The minimum atomic E-state index is -3.92. The molecule has 1 amide bonds. The fourth-order valence-corrected chi connectivity index (χ4v) is 6.53. The summed E-state index contributed by atoms with van der Waals surface area (Å²) in [5.74, 6) is -2.10. The van der Waals surface area contributed by atoms with Crippen molar-refractivity contribution in [3.05, 3.63) is 95.7 Å². The molecule has 0 saturated carbocycles. The fraction of sp³-hybridized carbons (Fsp3) is 0.241. The maximum atomic E-state index is 14.3. The van der Waals surface area contributed by atoms with Gasteiger partial charge < -0.3 is 10.6 Å². The van der Waals surface area contributed by atoms with Gasteiger partial charge in [0.2, 0.25) is 0 Å². The molecule has 3 aromatic carbocycles. The average Bonchev–Trinajstić information content (AvgIpc) is 2.92. The van der Waals surface area contributed by atoms with E-state index in [0.717, 1.165) is 6.07 Å². The SMILES string of the molecule is CC1CN(Cc2c(N)ccc(F)c2F)CC(C)N1C(=O)c1ccc(NS(=O)(=O)c2cccc3cccnc23)cc1. The van der Waals surface area contributed by atoms with Crippen molar-refractivity contribution in [1.82, 2.24) is 14.8 Å². The van der Waals surface area contributed by atoms with Crippen LogP contribution < -0.4 is 10.5 Å². The van der Waals surface area contributed by atoms with Gasteiger partial charge in [0.05, 0.1) is 5.52 Å². The van der Waals surface area contributed by atoms with Crippen LogP contribution in [0.15, 0.2) is 77.8 Å². The van der Waals surface area contributed by atoms with Gasteiger partial charge >= 0.3 is 0 Å². The normalized spacial score (nSPS) is 18.1. The number of anilines is 2. The minimum Gasteiger partial charge on any atom is -0.398 e. The molecule has 0 spiro atoms. The molecule has 5 rings (SSSR count). The Kier molecular flexibility index (Phi) is 7.43. The van der Waals surface area contributed by atoms with Crippen LogP contribution in [0.1, 0.15) is 29.8 Å². The molecule has 1 saturated heterocycles. The Labute approximate surface area is 231 Å². The Hall–Kier alpha value is -4.09. The second-order valence-electron chi connectivity index (χ2n) is 10.0. The predicted molar refractivity (Wildman–Crippen MR) is 150 cm³/mol. The first-order valence-corrected chi connectivity index (χ1v) is 14.3. The van der Waals surface area contributed by atoms with Crippen LogP contribution in [0.25, 0.3) is 10.9 Å². The zero-order valence-electron chi connectivity index (χ0n) is 22.0. The first-order valence-electron chi connectivity index (χ1n) is 12.8. The van der Waals surface area contributed by atoms with E-state index in [1.54, 1.807) is 59.6 Å². The molecule has 1 aliphatic rings. The number of nitrogens with one attached hydrogen (secondary N) is 1. The molecule has 40 heavy (non-hydrogen) atoms. The summed E-state index contributed by atoms with van der Waals surface area (Å²) in [4.78, 5) is 21.4. The largest absolute Gasteiger partial charge is 0.398 e. The number of hydrogen-bond acceptors (Lipinski definition) is 6. The number of pyridine rings is 1. The smallest absolute Gasteiger partial charge is 0.264 e. The first-order chi connectivity index (χ1) is 19.0. The highest BCUT2D eigenvalue weighted by molar-refractivity contribution is 7.93. The van der Waals surface area contributed by atoms with Gasteiger partial charge in [0.15, 0.2) is 11.6 Å². The third-order valence-corrected chi connectivity index (χ3v) is 8.53. The second kappa shape index (κ2) is 10.8. The van der Waals surface area contributed by atoms with Crippen molar-refractivity contribution >= 4 is 38.2 Å². The van der Waals surface area contributed by atoms with Crippen molar-refractivity contribution in [2.75, 3.05) is 23.5 Å². The minimum absolute atomic E-state index is 0.0613. The summed E-state index contributed by atoms with van der Waals surface area (Å²) in [7, 11) is -3.92. The molecule has 4 aromatic rings. The number of nitrogens with zero attached hydrogens (tertiary/aromatic N) is 3. The number of nitrogen functional groups attached to an aromatic ring is 1. The molecule has 3 N–H and O–H groups in total. The first kappa shape index (κ1) is 27.5. The van der Waals surface area contributed by atoms with Crippen molar-refractivity contribution < 1.29 is 22.0 Å². The summed E-state index contributed by atoms with van der Waals surface area (Å²) in [6.45, 7) is 4.82. The van der Waals surface area contributed by atoms with E-state index >= 15 is 0 Å². The molecule has 0 aliphatic carbocycles. The van der Waals surface area contributed by atoms with E-state index in [2.05, 4.69) is 9.71 Å². The Bertz CT molecular complexity index is 1660. The van der Waals surface area contributed by atoms with Crippen molar-refractivity contribution in [3.8, 4) is 0 Å². The van der Waals surface area contributed by atoms with Gasteiger partial charge in [-0.1, -0.05) is 18.2 Å². The number of carbonyl (C=O) groups excluding carboxylic acids is 1. The molecular formula is C29H29F2N5O3S. The molecule has 8 nitrogen and oxygen atoms in total. The summed E-state index contributed by atoms with van der Waals surface area (Å²) < 4.78 is 56.9. The second-order valence-corrected chi connectivity index (χ2v) is 11.7. The van der Waals surface area contributed by atoms with Crippen LogP contribution in [0.5, 0.6) is 0 Å². The third kappa shape index (κ3) is 5.34. The maximum Gasteiger partial charge on any atom is 0.264 e. The molecule has 208 valence electrons. The fourth-order valence-electron chi connectivity index (χ4n) is 5.29. The number of sulfonamides is 1. The van der Waals surface area contributed by atoms with E-state index in [-0.39, 0.29) is 40.7 Å². The molecule has 11 heteroatoms.